The van der Waals surface area contributed by atoms with E-state index in [0.717, 1.165) is 57.7 Å². The van der Waals surface area contributed by atoms with E-state index in [-0.39, 0.29) is 31.9 Å². The van der Waals surface area contributed by atoms with Gasteiger partial charge in [-0.2, -0.15) is 18.8 Å². The predicted octanol–water partition coefficient (Wildman–Crippen LogP) is 14.3. The van der Waals surface area contributed by atoms with Crippen LogP contribution in [0.25, 0.3) is 38.8 Å². The molecule has 6 aromatic carbocycles. The van der Waals surface area contributed by atoms with Gasteiger partial charge in [-0.15, -0.1) is 41.4 Å². The first-order valence-electron chi connectivity index (χ1n) is 21.2. The molecule has 3 heterocycles. The van der Waals surface area contributed by atoms with Crippen LogP contribution in [-0.2, 0) is 44.9 Å². The summed E-state index contributed by atoms with van der Waals surface area (Å²) < 4.78 is 8.89. The molecule has 0 saturated heterocycles. The van der Waals surface area contributed by atoms with Crippen molar-refractivity contribution in [2.45, 2.75) is 79.2 Å². The second-order valence-electron chi connectivity index (χ2n) is 18.6. The number of pyridine rings is 1. The number of benzene rings is 6. The summed E-state index contributed by atoms with van der Waals surface area (Å²) >= 11 is 0. The van der Waals surface area contributed by atoms with Crippen molar-refractivity contribution in [2.24, 2.45) is 5.92 Å². The van der Waals surface area contributed by atoms with Gasteiger partial charge in [0, 0.05) is 62.2 Å². The number of para-hydroxylation sites is 2. The zero-order valence-electron chi connectivity index (χ0n) is 36.4. The van der Waals surface area contributed by atoms with Crippen LogP contribution in [0.4, 0.5) is 17.1 Å². The number of ether oxygens (including phenoxy) is 1. The minimum Gasteiger partial charge on any atom is -0.509 e. The molecule has 0 radical (unpaired) electrons. The largest absolute Gasteiger partial charge is 0.509 e. The number of hydrogen-bond acceptors (Lipinski definition) is 4. The Labute approximate surface area is 376 Å². The summed E-state index contributed by atoms with van der Waals surface area (Å²) in [6.45, 7) is 21.0. The number of fused-ring (bicyclic) bond motifs is 4. The molecule has 1 aliphatic rings. The molecule has 1 aliphatic heterocycles. The Kier molecular flexibility index (Phi) is 11.5. The average Bonchev–Trinajstić information content (AvgIpc) is 3.76. The van der Waals surface area contributed by atoms with Crippen molar-refractivity contribution >= 4 is 38.9 Å². The number of anilines is 3. The summed E-state index contributed by atoms with van der Waals surface area (Å²) in [6.07, 6.45) is 2.97. The minimum atomic E-state index is -0.0277. The molecule has 312 valence electrons. The number of rotatable bonds is 9. The van der Waals surface area contributed by atoms with Gasteiger partial charge in [-0.3, -0.25) is 0 Å². The van der Waals surface area contributed by atoms with Gasteiger partial charge in [-0.1, -0.05) is 134 Å². The molecule has 0 unspecified atom stereocenters. The van der Waals surface area contributed by atoms with Crippen LogP contribution in [0.3, 0.4) is 0 Å². The van der Waals surface area contributed by atoms with Crippen molar-refractivity contribution in [2.75, 3.05) is 9.80 Å². The summed E-state index contributed by atoms with van der Waals surface area (Å²) in [5, 5.41) is 2.26. The first-order chi connectivity index (χ1) is 28.8. The fraction of sp³-hybridized carbons (Fsp3) is 0.236. The molecule has 6 heteroatoms. The van der Waals surface area contributed by atoms with Gasteiger partial charge < -0.3 is 19.1 Å². The molecule has 0 aliphatic carbocycles. The molecule has 0 saturated carbocycles. The fourth-order valence-electron chi connectivity index (χ4n) is 8.37. The molecule has 61 heavy (non-hydrogen) atoms. The summed E-state index contributed by atoms with van der Waals surface area (Å²) in [7, 11) is 0. The van der Waals surface area contributed by atoms with E-state index in [0.29, 0.717) is 17.4 Å². The van der Waals surface area contributed by atoms with Crippen molar-refractivity contribution in [1.82, 2.24) is 9.55 Å². The zero-order valence-corrected chi connectivity index (χ0v) is 38.6. The van der Waals surface area contributed by atoms with Crippen molar-refractivity contribution in [3.8, 4) is 28.4 Å². The molecule has 9 rings (SSSR count). The van der Waals surface area contributed by atoms with Crippen LogP contribution in [-0.4, -0.2) is 9.55 Å². The molecular weight excluding hydrogens is 928 g/mol. The molecule has 8 aromatic rings. The molecule has 0 N–H and O–H groups in total. The maximum absolute atomic E-state index is 6.64. The van der Waals surface area contributed by atoms with E-state index in [4.69, 9.17) is 9.72 Å². The Bertz CT molecular complexity index is 2850. The normalized spacial score (nSPS) is 12.9. The molecular formula is C55H53N4OPt-3. The summed E-state index contributed by atoms with van der Waals surface area (Å²) in [5.74, 6) is 2.69. The van der Waals surface area contributed by atoms with Crippen molar-refractivity contribution < 1.29 is 25.8 Å². The van der Waals surface area contributed by atoms with E-state index in [9.17, 15) is 0 Å². The van der Waals surface area contributed by atoms with Crippen LogP contribution in [0.1, 0.15) is 77.6 Å². The topological polar surface area (TPSA) is 33.5 Å². The van der Waals surface area contributed by atoms with Crippen molar-refractivity contribution in [1.29, 1.82) is 0 Å². The summed E-state index contributed by atoms with van der Waals surface area (Å²) in [5.41, 5.74) is 12.8. The van der Waals surface area contributed by atoms with E-state index in [1.54, 1.807) is 0 Å². The van der Waals surface area contributed by atoms with Gasteiger partial charge in [0.2, 0.25) is 0 Å². The second-order valence-corrected chi connectivity index (χ2v) is 18.6. The van der Waals surface area contributed by atoms with Crippen LogP contribution >= 0.6 is 0 Å². The smallest absolute Gasteiger partial charge is 0.135 e. The molecule has 2 aromatic heterocycles. The van der Waals surface area contributed by atoms with Gasteiger partial charge in [0.1, 0.15) is 5.82 Å². The van der Waals surface area contributed by atoms with E-state index in [1.165, 1.54) is 33.4 Å². The Morgan fingerprint density at radius 3 is 2.13 bits per heavy atom. The fourth-order valence-corrected chi connectivity index (χ4v) is 8.37. The van der Waals surface area contributed by atoms with Gasteiger partial charge in [0.15, 0.2) is 0 Å². The van der Waals surface area contributed by atoms with Gasteiger partial charge in [-0.05, 0) is 92.3 Å². The first kappa shape index (κ1) is 42.1. The standard InChI is InChI=1S/C55H53N4O.Pt/c1-37(2)29-38-21-22-40(48(30-38)39-15-10-9-11-16-39)35-57-36-58(50-20-13-12-19-49(50)57)43-17-14-18-44(33-43)60-45-24-26-47-46-25-23-41(54(3,4)5)31-51(46)59(52(47)34-45)53-32-42(27-28-56-53)55(6,7)8;/h9-28,30-32,36-37H,29,35H2,1-8H3;/q-3;. The minimum absolute atomic E-state index is 0. The Morgan fingerprint density at radius 1 is 0.672 bits per heavy atom. The SMILES string of the molecule is CC(C)Cc1ccc(CN2[CH-]N(c3[c-]c(Oc4[c-]c5c(cc4)c4ccc(C(C)(C)C)cc4n5-c4cc(C(C)(C)C)ccn4)ccc3)c3ccccc32)c(-c2ccccc2)c1.[Pt]. The Balaban J connectivity index is 0.00000514. The number of hydrogen-bond donors (Lipinski definition) is 0. The van der Waals surface area contributed by atoms with Crippen LogP contribution in [0.15, 0.2) is 140 Å². The van der Waals surface area contributed by atoms with Gasteiger partial charge in [0.05, 0.1) is 0 Å². The quantitative estimate of drug-likeness (QED) is 0.135. The molecule has 0 spiro atoms. The third-order valence-electron chi connectivity index (χ3n) is 11.5. The van der Waals surface area contributed by atoms with E-state index >= 15 is 0 Å². The second kappa shape index (κ2) is 16.7. The average molecular weight is 981 g/mol. The Morgan fingerprint density at radius 2 is 1.38 bits per heavy atom. The van der Waals surface area contributed by atoms with E-state index < -0.39 is 0 Å². The van der Waals surface area contributed by atoms with Gasteiger partial charge >= 0.3 is 0 Å². The third kappa shape index (κ3) is 8.51. The predicted molar refractivity (Wildman–Crippen MR) is 250 cm³/mol. The van der Waals surface area contributed by atoms with Crippen LogP contribution in [0.2, 0.25) is 0 Å². The van der Waals surface area contributed by atoms with Crippen LogP contribution in [0.5, 0.6) is 11.5 Å². The van der Waals surface area contributed by atoms with Crippen molar-refractivity contribution in [3.63, 3.8) is 0 Å². The molecule has 5 nitrogen and oxygen atoms in total. The maximum atomic E-state index is 6.64. The molecule has 0 fully saturated rings. The Hall–Kier alpha value is -5.64. The summed E-state index contributed by atoms with van der Waals surface area (Å²) in [6, 6.07) is 55.0. The van der Waals surface area contributed by atoms with Crippen LogP contribution in [0, 0.1) is 24.7 Å². The monoisotopic (exact) mass is 980 g/mol. The zero-order chi connectivity index (χ0) is 41.8. The number of nitrogens with zero attached hydrogens (tertiary/aromatic N) is 4. The van der Waals surface area contributed by atoms with Gasteiger partial charge in [0.25, 0.3) is 0 Å². The molecule has 0 bridgehead atoms. The summed E-state index contributed by atoms with van der Waals surface area (Å²) in [4.78, 5) is 9.48. The van der Waals surface area contributed by atoms with E-state index in [2.05, 4.69) is 204 Å². The van der Waals surface area contributed by atoms with Crippen LogP contribution < -0.4 is 14.5 Å². The number of aromatic nitrogens is 2. The maximum Gasteiger partial charge on any atom is 0.135 e. The molecule has 0 atom stereocenters. The third-order valence-corrected chi connectivity index (χ3v) is 11.5. The van der Waals surface area contributed by atoms with Gasteiger partial charge in [-0.25, -0.2) is 4.98 Å². The van der Waals surface area contributed by atoms with Crippen molar-refractivity contribution in [3.05, 3.63) is 181 Å². The van der Waals surface area contributed by atoms with E-state index in [1.807, 2.05) is 24.4 Å². The molecule has 0 amide bonds. The first-order valence-corrected chi connectivity index (χ1v) is 21.2.